The second-order valence-corrected chi connectivity index (χ2v) is 7.66. The van der Waals surface area contributed by atoms with Crippen LogP contribution in [0.5, 0.6) is 5.75 Å². The number of fused-ring (bicyclic) bond motifs is 1. The van der Waals surface area contributed by atoms with Gasteiger partial charge in [0.05, 0.1) is 7.11 Å². The van der Waals surface area contributed by atoms with Crippen LogP contribution in [0.15, 0.2) is 77.8 Å². The molecule has 4 aromatic rings. The Kier molecular flexibility index (Phi) is 5.65. The van der Waals surface area contributed by atoms with Crippen LogP contribution in [-0.4, -0.2) is 22.8 Å². The third-order valence-corrected chi connectivity index (χ3v) is 5.74. The summed E-state index contributed by atoms with van der Waals surface area (Å²) in [7, 11) is 3.71. The van der Waals surface area contributed by atoms with E-state index in [0.717, 1.165) is 38.4 Å². The molecule has 0 fully saturated rings. The number of nitrogens with zero attached hydrogens (tertiary/aromatic N) is 1. The monoisotopic (exact) mass is 419 g/mol. The highest BCUT2D eigenvalue weighted by Crippen LogP contribution is 2.34. The van der Waals surface area contributed by atoms with E-state index in [1.165, 1.54) is 11.9 Å². The third-order valence-electron chi connectivity index (χ3n) is 4.90. The van der Waals surface area contributed by atoms with Crippen LogP contribution in [0, 0.1) is 0 Å². The van der Waals surface area contributed by atoms with Crippen molar-refractivity contribution >= 4 is 34.4 Å². The summed E-state index contributed by atoms with van der Waals surface area (Å²) >= 11 is 1.46. The molecule has 3 N–H and O–H groups in total. The lowest BCUT2D eigenvalue weighted by Gasteiger charge is -2.08. The maximum atomic E-state index is 11.4. The standard InChI is InChI=1S/C23H21N3O3S/c1-26-14-21(15-3-8-18(29-2)9-4-15)20-13-17(7-12-22(20)26)25-30-19-10-5-16(6-11-19)23(27)24-28/h3-14,25,28H,1-2H3,(H,24,27). The van der Waals surface area contributed by atoms with E-state index >= 15 is 0 Å². The molecule has 1 aromatic heterocycles. The SMILES string of the molecule is COc1ccc(-c2cn(C)c3ccc(NSc4ccc(C(=O)NO)cc4)cc23)cc1. The molecule has 0 saturated heterocycles. The van der Waals surface area contributed by atoms with E-state index in [9.17, 15) is 4.79 Å². The van der Waals surface area contributed by atoms with Crippen molar-refractivity contribution in [1.29, 1.82) is 0 Å². The Labute approximate surface area is 178 Å². The first-order valence-corrected chi connectivity index (χ1v) is 10.1. The van der Waals surface area contributed by atoms with E-state index in [4.69, 9.17) is 9.94 Å². The maximum Gasteiger partial charge on any atom is 0.274 e. The smallest absolute Gasteiger partial charge is 0.274 e. The van der Waals surface area contributed by atoms with E-state index in [0.29, 0.717) is 5.56 Å². The van der Waals surface area contributed by atoms with Crippen molar-refractivity contribution in [3.05, 3.63) is 78.5 Å². The van der Waals surface area contributed by atoms with Crippen LogP contribution in [-0.2, 0) is 7.05 Å². The Morgan fingerprint density at radius 2 is 1.77 bits per heavy atom. The van der Waals surface area contributed by atoms with Crippen molar-refractivity contribution in [2.75, 3.05) is 11.8 Å². The fourth-order valence-electron chi connectivity index (χ4n) is 3.31. The lowest BCUT2D eigenvalue weighted by Crippen LogP contribution is -2.18. The van der Waals surface area contributed by atoms with E-state index in [1.807, 2.05) is 37.4 Å². The quantitative estimate of drug-likeness (QED) is 0.231. The number of ether oxygens (including phenoxy) is 1. The minimum Gasteiger partial charge on any atom is -0.497 e. The molecule has 0 unspecified atom stereocenters. The zero-order valence-electron chi connectivity index (χ0n) is 16.5. The van der Waals surface area contributed by atoms with Crippen LogP contribution >= 0.6 is 11.9 Å². The predicted molar refractivity (Wildman–Crippen MR) is 120 cm³/mol. The number of anilines is 1. The van der Waals surface area contributed by atoms with Gasteiger partial charge in [0.15, 0.2) is 0 Å². The molecule has 4 rings (SSSR count). The fraction of sp³-hybridized carbons (Fsp3) is 0.0870. The summed E-state index contributed by atoms with van der Waals surface area (Å²) in [5.74, 6) is 0.306. The first kappa shape index (κ1) is 19.9. The Morgan fingerprint density at radius 3 is 2.43 bits per heavy atom. The zero-order chi connectivity index (χ0) is 21.1. The average Bonchev–Trinajstić information content (AvgIpc) is 3.13. The van der Waals surface area contributed by atoms with E-state index in [-0.39, 0.29) is 0 Å². The van der Waals surface area contributed by atoms with Gasteiger partial charge >= 0.3 is 0 Å². The van der Waals surface area contributed by atoms with Gasteiger partial charge in [-0.25, -0.2) is 5.48 Å². The minimum absolute atomic E-state index is 0.400. The summed E-state index contributed by atoms with van der Waals surface area (Å²) < 4.78 is 10.7. The third kappa shape index (κ3) is 3.98. The van der Waals surface area contributed by atoms with E-state index in [1.54, 1.807) is 24.7 Å². The molecule has 0 atom stereocenters. The summed E-state index contributed by atoms with van der Waals surface area (Å²) in [6, 6.07) is 21.3. The maximum absolute atomic E-state index is 11.4. The second-order valence-electron chi connectivity index (χ2n) is 6.78. The van der Waals surface area contributed by atoms with Crippen LogP contribution in [0.3, 0.4) is 0 Å². The lowest BCUT2D eigenvalue weighted by molar-refractivity contribution is 0.0706. The molecule has 0 aliphatic rings. The van der Waals surface area contributed by atoms with Crippen molar-refractivity contribution in [3.8, 4) is 16.9 Å². The van der Waals surface area contributed by atoms with Gasteiger partial charge in [-0.05, 0) is 72.1 Å². The molecule has 152 valence electrons. The first-order chi connectivity index (χ1) is 14.6. The highest BCUT2D eigenvalue weighted by atomic mass is 32.2. The van der Waals surface area contributed by atoms with Crippen LogP contribution < -0.4 is 14.9 Å². The van der Waals surface area contributed by atoms with Crippen molar-refractivity contribution in [2.24, 2.45) is 7.05 Å². The van der Waals surface area contributed by atoms with Crippen LogP contribution in [0.4, 0.5) is 5.69 Å². The van der Waals surface area contributed by atoms with Crippen molar-refractivity contribution in [2.45, 2.75) is 4.90 Å². The minimum atomic E-state index is -0.528. The van der Waals surface area contributed by atoms with Crippen molar-refractivity contribution in [3.63, 3.8) is 0 Å². The Balaban J connectivity index is 1.57. The van der Waals surface area contributed by atoms with Crippen molar-refractivity contribution in [1.82, 2.24) is 10.0 Å². The largest absolute Gasteiger partial charge is 0.497 e. The van der Waals surface area contributed by atoms with Gasteiger partial charge in [-0.2, -0.15) is 0 Å². The van der Waals surface area contributed by atoms with Gasteiger partial charge in [0.25, 0.3) is 5.91 Å². The number of methoxy groups -OCH3 is 1. The molecule has 3 aromatic carbocycles. The molecule has 0 aliphatic carbocycles. The van der Waals surface area contributed by atoms with Crippen molar-refractivity contribution < 1.29 is 14.7 Å². The number of hydroxylamine groups is 1. The molecule has 0 spiro atoms. The number of aromatic nitrogens is 1. The molecule has 0 radical (unpaired) electrons. The molecule has 6 nitrogen and oxygen atoms in total. The molecular formula is C23H21N3O3S. The normalized spacial score (nSPS) is 10.8. The Hall–Kier alpha value is -3.42. The van der Waals surface area contributed by atoms with Crippen LogP contribution in [0.25, 0.3) is 22.0 Å². The number of carbonyl (C=O) groups is 1. The number of hydrogen-bond donors (Lipinski definition) is 3. The van der Waals surface area contributed by atoms with Crippen LogP contribution in [0.2, 0.25) is 0 Å². The summed E-state index contributed by atoms with van der Waals surface area (Å²) in [5, 5.41) is 9.86. The number of carbonyl (C=O) groups excluding carboxylic acids is 1. The summed E-state index contributed by atoms with van der Waals surface area (Å²) in [5.41, 5.74) is 6.44. The number of hydrogen-bond acceptors (Lipinski definition) is 5. The predicted octanol–water partition coefficient (Wildman–Crippen LogP) is 5.09. The fourth-order valence-corrected chi connectivity index (χ4v) is 3.95. The number of amides is 1. The number of rotatable bonds is 6. The van der Waals surface area contributed by atoms with Gasteiger partial charge in [-0.15, -0.1) is 0 Å². The average molecular weight is 420 g/mol. The molecule has 30 heavy (non-hydrogen) atoms. The number of aryl methyl sites for hydroxylation is 1. The molecule has 0 saturated carbocycles. The summed E-state index contributed by atoms with van der Waals surface area (Å²) in [6.07, 6.45) is 2.13. The molecule has 7 heteroatoms. The number of nitrogens with one attached hydrogen (secondary N) is 2. The molecule has 0 aliphatic heterocycles. The Morgan fingerprint density at radius 1 is 1.03 bits per heavy atom. The highest BCUT2D eigenvalue weighted by Gasteiger charge is 2.10. The topological polar surface area (TPSA) is 75.5 Å². The van der Waals surface area contributed by atoms with Gasteiger partial charge in [-0.3, -0.25) is 10.0 Å². The van der Waals surface area contributed by atoms with Gasteiger partial charge < -0.3 is 14.0 Å². The van der Waals surface area contributed by atoms with E-state index in [2.05, 4.69) is 39.8 Å². The number of benzene rings is 3. The summed E-state index contributed by atoms with van der Waals surface area (Å²) in [4.78, 5) is 12.4. The molecule has 1 heterocycles. The van der Waals surface area contributed by atoms with E-state index < -0.39 is 5.91 Å². The zero-order valence-corrected chi connectivity index (χ0v) is 17.4. The lowest BCUT2D eigenvalue weighted by atomic mass is 10.0. The van der Waals surface area contributed by atoms with Gasteiger partial charge in [-0.1, -0.05) is 12.1 Å². The molecular weight excluding hydrogens is 398 g/mol. The summed E-state index contributed by atoms with van der Waals surface area (Å²) in [6.45, 7) is 0. The highest BCUT2D eigenvalue weighted by molar-refractivity contribution is 8.00. The first-order valence-electron chi connectivity index (χ1n) is 9.30. The van der Waals surface area contributed by atoms with Gasteiger partial charge in [0.2, 0.25) is 0 Å². The molecule has 1 amide bonds. The van der Waals surface area contributed by atoms with Gasteiger partial charge in [0.1, 0.15) is 5.75 Å². The second kappa shape index (κ2) is 8.52. The Bertz CT molecular complexity index is 1190. The van der Waals surface area contributed by atoms with Crippen LogP contribution in [0.1, 0.15) is 10.4 Å². The van der Waals surface area contributed by atoms with Gasteiger partial charge in [0, 0.05) is 45.9 Å². The molecule has 0 bridgehead atoms.